The Labute approximate surface area is 149 Å². The Morgan fingerprint density at radius 2 is 2.04 bits per heavy atom. The molecule has 8 heteroatoms. The van der Waals surface area contributed by atoms with Crippen LogP contribution in [0.2, 0.25) is 0 Å². The van der Waals surface area contributed by atoms with Crippen molar-refractivity contribution in [2.24, 2.45) is 0 Å². The van der Waals surface area contributed by atoms with Crippen LogP contribution in [-0.4, -0.2) is 55.1 Å². The zero-order chi connectivity index (χ0) is 18.2. The van der Waals surface area contributed by atoms with Crippen molar-refractivity contribution < 1.29 is 33.6 Å². The van der Waals surface area contributed by atoms with E-state index in [0.29, 0.717) is 28.4 Å². The van der Waals surface area contributed by atoms with Gasteiger partial charge in [0.1, 0.15) is 18.3 Å². The van der Waals surface area contributed by atoms with Gasteiger partial charge >= 0.3 is 0 Å². The van der Waals surface area contributed by atoms with E-state index in [2.05, 4.69) is 5.32 Å². The molecule has 0 saturated carbocycles. The van der Waals surface area contributed by atoms with E-state index in [1.54, 1.807) is 26.0 Å². The van der Waals surface area contributed by atoms with Gasteiger partial charge in [-0.25, -0.2) is 0 Å². The second-order valence-corrected chi connectivity index (χ2v) is 7.19. The van der Waals surface area contributed by atoms with E-state index in [9.17, 15) is 9.90 Å². The predicted molar refractivity (Wildman–Crippen MR) is 88.2 cm³/mol. The average molecular weight is 361 g/mol. The van der Waals surface area contributed by atoms with Crippen LogP contribution < -0.4 is 19.5 Å². The average Bonchev–Trinajstić information content (AvgIpc) is 3.18. The van der Waals surface area contributed by atoms with Gasteiger partial charge in [-0.15, -0.1) is 0 Å². The maximum atomic E-state index is 12.9. The molecule has 0 bridgehead atoms. The summed E-state index contributed by atoms with van der Waals surface area (Å²) in [7, 11) is 1.48. The lowest BCUT2D eigenvalue weighted by atomic mass is 9.79. The molecule has 3 aliphatic heterocycles. The summed E-state index contributed by atoms with van der Waals surface area (Å²) < 4.78 is 28.2. The van der Waals surface area contributed by atoms with Crippen molar-refractivity contribution in [2.75, 3.05) is 13.9 Å². The maximum Gasteiger partial charge on any atom is 0.256 e. The lowest BCUT2D eigenvalue weighted by molar-refractivity contribution is -0.152. The highest BCUT2D eigenvalue weighted by atomic mass is 16.8. The van der Waals surface area contributed by atoms with Gasteiger partial charge in [-0.3, -0.25) is 4.79 Å². The van der Waals surface area contributed by atoms with Gasteiger partial charge in [-0.1, -0.05) is 0 Å². The highest BCUT2D eigenvalue weighted by Gasteiger charge is 2.53. The smallest absolute Gasteiger partial charge is 0.256 e. The number of fused-ring (bicyclic) bond motifs is 6. The number of methoxy groups -OCH3 is 1. The minimum atomic E-state index is -0.854. The quantitative estimate of drug-likeness (QED) is 0.764. The number of aliphatic hydroxyl groups excluding tert-OH is 1. The Morgan fingerprint density at radius 3 is 2.81 bits per heavy atom. The molecule has 0 spiro atoms. The Morgan fingerprint density at radius 1 is 1.27 bits per heavy atom. The molecule has 1 aliphatic carbocycles. The number of rotatable bonds is 1. The molecule has 1 aromatic rings. The van der Waals surface area contributed by atoms with Crippen LogP contribution in [0.15, 0.2) is 12.1 Å². The number of hydrogen-bond acceptors (Lipinski definition) is 7. The molecular formula is C18H19NO7. The van der Waals surface area contributed by atoms with E-state index in [1.165, 1.54) is 7.11 Å². The Kier molecular flexibility index (Phi) is 3.14. The van der Waals surface area contributed by atoms with Crippen LogP contribution in [0.4, 0.5) is 0 Å². The topological polar surface area (TPSA) is 95.5 Å². The first-order chi connectivity index (χ1) is 12.4. The Bertz CT molecular complexity index is 846. The fourth-order valence-corrected chi connectivity index (χ4v) is 4.19. The molecule has 1 saturated heterocycles. The molecule has 0 aromatic heterocycles. The molecule has 0 radical (unpaired) electrons. The van der Waals surface area contributed by atoms with Crippen molar-refractivity contribution >= 4 is 11.5 Å². The van der Waals surface area contributed by atoms with Gasteiger partial charge < -0.3 is 34.1 Å². The zero-order valence-corrected chi connectivity index (χ0v) is 14.6. The van der Waals surface area contributed by atoms with E-state index in [1.807, 2.05) is 0 Å². The Hall–Kier alpha value is -2.29. The van der Waals surface area contributed by atoms with Gasteiger partial charge in [-0.05, 0) is 31.6 Å². The molecular weight excluding hydrogens is 342 g/mol. The standard InChI is InChI=1S/C18H19NO7/c1-18(2)25-13-9(20)4-8-7-5-10-14(24-6-23-10)15(22-3)11(7)17(21)19-12(8)16(13)26-18/h4-5,9,12-13,16,20H,6H2,1-3H3,(H,19,21)/t9-,12-,13+,16-/m0/s1. The second kappa shape index (κ2) is 5.12. The fraction of sp³-hybridized carbons (Fsp3) is 0.500. The number of carbonyl (C=O) groups is 1. The van der Waals surface area contributed by atoms with Crippen LogP contribution in [0.3, 0.4) is 0 Å². The third-order valence-electron chi connectivity index (χ3n) is 5.16. The molecule has 4 aliphatic rings. The molecule has 8 nitrogen and oxygen atoms in total. The minimum absolute atomic E-state index is 0.0666. The molecule has 0 unspecified atom stereocenters. The summed E-state index contributed by atoms with van der Waals surface area (Å²) in [4.78, 5) is 12.9. The Balaban J connectivity index is 1.68. The third kappa shape index (κ3) is 2.03. The summed E-state index contributed by atoms with van der Waals surface area (Å²) in [6.07, 6.45) is -0.187. The van der Waals surface area contributed by atoms with Crippen molar-refractivity contribution in [3.63, 3.8) is 0 Å². The SMILES string of the molecule is COc1c2c(cc3c1C(=O)N[C@H]1C3=C[C@H](O)[C@H]3OC(C)(C)O[C@H]31)OCO2. The van der Waals surface area contributed by atoms with Gasteiger partial charge in [0, 0.05) is 5.56 Å². The van der Waals surface area contributed by atoms with Crippen molar-refractivity contribution in [1.82, 2.24) is 5.32 Å². The predicted octanol–water partition coefficient (Wildman–Crippen LogP) is 0.814. The van der Waals surface area contributed by atoms with Crippen LogP contribution in [0.5, 0.6) is 17.2 Å². The van der Waals surface area contributed by atoms with Crippen LogP contribution in [0.1, 0.15) is 29.8 Å². The van der Waals surface area contributed by atoms with Gasteiger partial charge in [0.15, 0.2) is 17.3 Å². The van der Waals surface area contributed by atoms with E-state index in [4.69, 9.17) is 23.7 Å². The molecule has 5 rings (SSSR count). The summed E-state index contributed by atoms with van der Waals surface area (Å²) in [6.45, 7) is 3.64. The van der Waals surface area contributed by atoms with Crippen molar-refractivity contribution in [3.8, 4) is 17.2 Å². The monoisotopic (exact) mass is 361 g/mol. The lowest BCUT2D eigenvalue weighted by Crippen LogP contribution is -2.56. The summed E-state index contributed by atoms with van der Waals surface area (Å²) in [6, 6.07) is 1.32. The van der Waals surface area contributed by atoms with Crippen molar-refractivity contribution in [2.45, 2.75) is 44.0 Å². The number of nitrogens with one attached hydrogen (secondary N) is 1. The summed E-state index contributed by atoms with van der Waals surface area (Å²) >= 11 is 0. The highest BCUT2D eigenvalue weighted by molar-refractivity contribution is 6.07. The zero-order valence-electron chi connectivity index (χ0n) is 14.6. The first-order valence-electron chi connectivity index (χ1n) is 8.47. The van der Waals surface area contributed by atoms with Gasteiger partial charge in [0.05, 0.1) is 18.7 Å². The number of ether oxygens (including phenoxy) is 5. The van der Waals surface area contributed by atoms with Gasteiger partial charge in [0.25, 0.3) is 5.91 Å². The van der Waals surface area contributed by atoms with Crippen LogP contribution in [0, 0.1) is 0 Å². The molecule has 138 valence electrons. The van der Waals surface area contributed by atoms with Crippen molar-refractivity contribution in [3.05, 3.63) is 23.3 Å². The summed E-state index contributed by atoms with van der Waals surface area (Å²) in [5.74, 6) is 0.122. The highest BCUT2D eigenvalue weighted by Crippen LogP contribution is 2.50. The second-order valence-electron chi connectivity index (χ2n) is 7.19. The summed E-state index contributed by atoms with van der Waals surface area (Å²) in [5.41, 5.74) is 1.76. The number of carbonyl (C=O) groups excluding carboxylic acids is 1. The number of benzene rings is 1. The minimum Gasteiger partial charge on any atom is -0.492 e. The number of aliphatic hydroxyl groups is 1. The number of hydrogen-bond donors (Lipinski definition) is 2. The number of amides is 1. The lowest BCUT2D eigenvalue weighted by Gasteiger charge is -2.39. The normalized spacial score (nSPS) is 32.9. The van der Waals surface area contributed by atoms with Crippen LogP contribution in [0.25, 0.3) is 5.57 Å². The molecule has 1 aromatic carbocycles. The molecule has 4 atom stereocenters. The molecule has 2 N–H and O–H groups in total. The van der Waals surface area contributed by atoms with E-state index in [0.717, 1.165) is 5.57 Å². The van der Waals surface area contributed by atoms with Gasteiger partial charge in [0.2, 0.25) is 12.5 Å². The van der Waals surface area contributed by atoms with Gasteiger partial charge in [-0.2, -0.15) is 0 Å². The molecule has 26 heavy (non-hydrogen) atoms. The third-order valence-corrected chi connectivity index (χ3v) is 5.16. The van der Waals surface area contributed by atoms with Crippen LogP contribution in [-0.2, 0) is 9.47 Å². The molecule has 1 amide bonds. The summed E-state index contributed by atoms with van der Waals surface area (Å²) in [5, 5.41) is 13.6. The molecule has 3 heterocycles. The first kappa shape index (κ1) is 15.9. The first-order valence-corrected chi connectivity index (χ1v) is 8.47. The maximum absolute atomic E-state index is 12.9. The van der Waals surface area contributed by atoms with Crippen molar-refractivity contribution in [1.29, 1.82) is 0 Å². The van der Waals surface area contributed by atoms with E-state index < -0.39 is 30.1 Å². The van der Waals surface area contributed by atoms with Crippen LogP contribution >= 0.6 is 0 Å². The van der Waals surface area contributed by atoms with E-state index in [-0.39, 0.29) is 12.7 Å². The fourth-order valence-electron chi connectivity index (χ4n) is 4.19. The molecule has 1 fully saturated rings. The largest absolute Gasteiger partial charge is 0.492 e. The van der Waals surface area contributed by atoms with E-state index >= 15 is 0 Å².